The van der Waals surface area contributed by atoms with Gasteiger partial charge in [-0.2, -0.15) is 0 Å². The third-order valence-electron chi connectivity index (χ3n) is 4.62. The lowest BCUT2D eigenvalue weighted by atomic mass is 10.1. The molecule has 4 rings (SSSR count). The number of carbonyl (C=O) groups excluding carboxylic acids is 4. The Morgan fingerprint density at radius 3 is 2.25 bits per heavy atom. The van der Waals surface area contributed by atoms with E-state index in [2.05, 4.69) is 5.32 Å². The third-order valence-corrected chi connectivity index (χ3v) is 4.95. The quantitative estimate of drug-likeness (QED) is 0.350. The highest BCUT2D eigenvalue weighted by Crippen LogP contribution is 2.22. The van der Waals surface area contributed by atoms with Crippen LogP contribution in [0, 0.1) is 0 Å². The van der Waals surface area contributed by atoms with E-state index in [1.165, 1.54) is 36.6 Å². The van der Waals surface area contributed by atoms with Crippen molar-refractivity contribution in [3.05, 3.63) is 100 Å². The number of benzene rings is 2. The van der Waals surface area contributed by atoms with E-state index in [1.807, 2.05) is 0 Å². The number of carbonyl (C=O) groups is 4. The molecule has 0 saturated carbocycles. The summed E-state index contributed by atoms with van der Waals surface area (Å²) < 4.78 is 10.4. The van der Waals surface area contributed by atoms with Gasteiger partial charge in [-0.25, -0.2) is 9.69 Å². The molecule has 0 atom stereocenters. The van der Waals surface area contributed by atoms with Gasteiger partial charge in [0.15, 0.2) is 6.73 Å². The van der Waals surface area contributed by atoms with Gasteiger partial charge in [-0.15, -0.1) is 0 Å². The van der Waals surface area contributed by atoms with Crippen LogP contribution in [0.3, 0.4) is 0 Å². The fraction of sp³-hybridized carbons (Fsp3) is 0.0435. The van der Waals surface area contributed by atoms with Crippen molar-refractivity contribution in [2.24, 2.45) is 0 Å². The summed E-state index contributed by atoms with van der Waals surface area (Å²) in [6.07, 6.45) is 2.66. The van der Waals surface area contributed by atoms with Gasteiger partial charge in [-0.3, -0.25) is 14.4 Å². The van der Waals surface area contributed by atoms with Crippen LogP contribution in [0.5, 0.6) is 0 Å². The molecule has 2 heterocycles. The molecule has 0 radical (unpaired) electrons. The number of nitrogens with zero attached hydrogens (tertiary/aromatic N) is 1. The molecule has 0 saturated heterocycles. The Labute approximate surface area is 187 Å². The van der Waals surface area contributed by atoms with Crippen LogP contribution in [0.4, 0.5) is 0 Å². The molecule has 1 aliphatic rings. The molecule has 0 fully saturated rings. The Morgan fingerprint density at radius 1 is 0.969 bits per heavy atom. The van der Waals surface area contributed by atoms with Gasteiger partial charge in [0.1, 0.15) is 11.5 Å². The van der Waals surface area contributed by atoms with E-state index in [-0.39, 0.29) is 33.2 Å². The van der Waals surface area contributed by atoms with Crippen molar-refractivity contribution >= 4 is 41.4 Å². The number of ether oxygens (including phenoxy) is 1. The molecule has 0 bridgehead atoms. The molecular formula is C23H15ClN2O6. The normalized spacial score (nSPS) is 13.2. The summed E-state index contributed by atoms with van der Waals surface area (Å²) in [4.78, 5) is 51.1. The van der Waals surface area contributed by atoms with E-state index in [9.17, 15) is 19.2 Å². The lowest BCUT2D eigenvalue weighted by molar-refractivity contribution is -0.141. The zero-order valence-corrected chi connectivity index (χ0v) is 17.2. The molecule has 9 heteroatoms. The first-order valence-corrected chi connectivity index (χ1v) is 9.77. The molecule has 0 spiro atoms. The summed E-state index contributed by atoms with van der Waals surface area (Å²) in [5.74, 6) is -2.49. The zero-order chi connectivity index (χ0) is 22.7. The summed E-state index contributed by atoms with van der Waals surface area (Å²) in [6.45, 7) is -0.622. The molecule has 0 aliphatic carbocycles. The summed E-state index contributed by atoms with van der Waals surface area (Å²) in [7, 11) is 0. The minimum absolute atomic E-state index is 0.146. The second kappa shape index (κ2) is 8.91. The van der Waals surface area contributed by atoms with Gasteiger partial charge in [0.05, 0.1) is 28.0 Å². The number of amides is 3. The highest BCUT2D eigenvalue weighted by molar-refractivity contribution is 6.34. The number of imide groups is 1. The monoisotopic (exact) mass is 450 g/mol. The number of halogens is 1. The van der Waals surface area contributed by atoms with E-state index < -0.39 is 30.4 Å². The summed E-state index contributed by atoms with van der Waals surface area (Å²) in [6, 6.07) is 15.8. The minimum Gasteiger partial charge on any atom is -0.465 e. The van der Waals surface area contributed by atoms with Gasteiger partial charge in [0.2, 0.25) is 0 Å². The summed E-state index contributed by atoms with van der Waals surface area (Å²) in [5, 5.41) is 2.64. The minimum atomic E-state index is -0.974. The number of esters is 1. The van der Waals surface area contributed by atoms with Crippen LogP contribution >= 0.6 is 11.6 Å². The number of fused-ring (bicyclic) bond motifs is 1. The molecule has 3 aromatic rings. The Morgan fingerprint density at radius 2 is 1.62 bits per heavy atom. The van der Waals surface area contributed by atoms with Gasteiger partial charge in [0.25, 0.3) is 17.7 Å². The number of hydrogen-bond acceptors (Lipinski definition) is 6. The van der Waals surface area contributed by atoms with E-state index in [0.29, 0.717) is 0 Å². The van der Waals surface area contributed by atoms with Crippen LogP contribution in [0.2, 0.25) is 5.02 Å². The average molecular weight is 451 g/mol. The number of furan rings is 1. The molecular weight excluding hydrogens is 436 g/mol. The molecule has 8 nitrogen and oxygen atoms in total. The second-order valence-corrected chi connectivity index (χ2v) is 7.06. The third kappa shape index (κ3) is 4.17. The summed E-state index contributed by atoms with van der Waals surface area (Å²) >= 11 is 6.05. The van der Waals surface area contributed by atoms with Crippen molar-refractivity contribution in [3.63, 3.8) is 0 Å². The predicted octanol–water partition coefficient (Wildman–Crippen LogP) is 3.50. The molecule has 160 valence electrons. The van der Waals surface area contributed by atoms with E-state index >= 15 is 0 Å². The van der Waals surface area contributed by atoms with Crippen LogP contribution in [-0.2, 0) is 9.53 Å². The maximum Gasteiger partial charge on any atom is 0.356 e. The van der Waals surface area contributed by atoms with Gasteiger partial charge in [0, 0.05) is 6.08 Å². The Hall–Kier alpha value is -4.17. The van der Waals surface area contributed by atoms with Crippen molar-refractivity contribution in [3.8, 4) is 0 Å². The average Bonchev–Trinajstić information content (AvgIpc) is 3.39. The van der Waals surface area contributed by atoms with Gasteiger partial charge >= 0.3 is 5.97 Å². The lowest BCUT2D eigenvalue weighted by Crippen LogP contribution is -2.35. The zero-order valence-electron chi connectivity index (χ0n) is 16.4. The van der Waals surface area contributed by atoms with Gasteiger partial charge in [-0.05, 0) is 36.4 Å². The van der Waals surface area contributed by atoms with E-state index in [4.69, 9.17) is 20.8 Å². The Balaban J connectivity index is 1.51. The first kappa shape index (κ1) is 21.1. The lowest BCUT2D eigenvalue weighted by Gasteiger charge is -2.15. The second-order valence-electron chi connectivity index (χ2n) is 6.65. The Kier molecular flexibility index (Phi) is 5.87. The number of rotatable bonds is 6. The van der Waals surface area contributed by atoms with Gasteiger partial charge < -0.3 is 14.5 Å². The van der Waals surface area contributed by atoms with Crippen LogP contribution in [0.1, 0.15) is 36.8 Å². The van der Waals surface area contributed by atoms with Crippen LogP contribution in [-0.4, -0.2) is 35.3 Å². The molecule has 1 aliphatic heterocycles. The highest BCUT2D eigenvalue weighted by atomic mass is 35.5. The molecule has 1 aromatic heterocycles. The molecule has 2 aromatic carbocycles. The smallest absolute Gasteiger partial charge is 0.356 e. The topological polar surface area (TPSA) is 106 Å². The SMILES string of the molecule is O=C(OCN1C(=O)c2ccccc2C1=O)C(=Cc1ccco1)NC(=O)c1ccccc1Cl. The molecule has 1 N–H and O–H groups in total. The number of nitrogens with one attached hydrogen (secondary N) is 1. The van der Waals surface area contributed by atoms with Crippen molar-refractivity contribution in [2.45, 2.75) is 0 Å². The predicted molar refractivity (Wildman–Crippen MR) is 114 cm³/mol. The van der Waals surface area contributed by atoms with E-state index in [0.717, 1.165) is 4.90 Å². The maximum atomic E-state index is 12.7. The molecule has 0 unspecified atom stereocenters. The largest absolute Gasteiger partial charge is 0.465 e. The van der Waals surface area contributed by atoms with Crippen molar-refractivity contribution in [2.75, 3.05) is 6.73 Å². The fourth-order valence-corrected chi connectivity index (χ4v) is 3.28. The van der Waals surface area contributed by atoms with Crippen LogP contribution in [0.25, 0.3) is 6.08 Å². The number of hydrogen-bond donors (Lipinski definition) is 1. The fourth-order valence-electron chi connectivity index (χ4n) is 3.05. The van der Waals surface area contributed by atoms with Gasteiger partial charge in [-0.1, -0.05) is 35.9 Å². The van der Waals surface area contributed by atoms with Crippen molar-refractivity contribution in [1.29, 1.82) is 0 Å². The standard InChI is InChI=1S/C23H15ClN2O6/c24-18-10-4-3-9-17(18)20(27)25-19(12-14-6-5-11-31-14)23(30)32-13-26-21(28)15-7-1-2-8-16(15)22(26)29/h1-12H,13H2,(H,25,27). The maximum absolute atomic E-state index is 12.7. The molecule has 3 amide bonds. The van der Waals surface area contributed by atoms with Crippen LogP contribution < -0.4 is 5.32 Å². The van der Waals surface area contributed by atoms with E-state index in [1.54, 1.807) is 36.4 Å². The first-order chi connectivity index (χ1) is 15.5. The highest BCUT2D eigenvalue weighted by Gasteiger charge is 2.36. The van der Waals surface area contributed by atoms with Crippen molar-refractivity contribution < 1.29 is 28.3 Å². The Bertz CT molecular complexity index is 1210. The van der Waals surface area contributed by atoms with Crippen LogP contribution in [0.15, 0.2) is 77.0 Å². The summed E-state index contributed by atoms with van der Waals surface area (Å²) in [5.41, 5.74) is 0.341. The van der Waals surface area contributed by atoms with Crippen molar-refractivity contribution in [1.82, 2.24) is 10.2 Å². The molecule has 32 heavy (non-hydrogen) atoms. The first-order valence-electron chi connectivity index (χ1n) is 9.39.